The summed E-state index contributed by atoms with van der Waals surface area (Å²) in [4.78, 5) is 29.0. The molecule has 0 bridgehead atoms. The van der Waals surface area contributed by atoms with Gasteiger partial charge in [-0.2, -0.15) is 0 Å². The molecule has 32 heavy (non-hydrogen) atoms. The van der Waals surface area contributed by atoms with E-state index in [4.69, 9.17) is 4.74 Å². The number of nitrogens with zero attached hydrogens (tertiary/aromatic N) is 2. The third-order valence-corrected chi connectivity index (χ3v) is 6.96. The highest BCUT2D eigenvalue weighted by Gasteiger charge is 2.27. The van der Waals surface area contributed by atoms with Crippen molar-refractivity contribution in [3.8, 4) is 17.0 Å². The molecule has 8 nitrogen and oxygen atoms in total. The highest BCUT2D eigenvalue weighted by Crippen LogP contribution is 2.38. The fourth-order valence-corrected chi connectivity index (χ4v) is 5.19. The summed E-state index contributed by atoms with van der Waals surface area (Å²) in [6.45, 7) is 2.77. The summed E-state index contributed by atoms with van der Waals surface area (Å²) < 4.78 is 7.71. The molecule has 1 aliphatic heterocycles. The molecule has 1 saturated heterocycles. The predicted octanol–water partition coefficient (Wildman–Crippen LogP) is 2.65. The van der Waals surface area contributed by atoms with Gasteiger partial charge in [-0.15, -0.1) is 0 Å². The highest BCUT2D eigenvalue weighted by atomic mass is 16.5. The van der Waals surface area contributed by atoms with Crippen LogP contribution in [0.1, 0.15) is 40.0 Å². The van der Waals surface area contributed by atoms with Crippen molar-refractivity contribution in [3.63, 3.8) is 0 Å². The van der Waals surface area contributed by atoms with E-state index in [1.807, 2.05) is 0 Å². The zero-order valence-electron chi connectivity index (χ0n) is 18.3. The molecule has 0 spiro atoms. The van der Waals surface area contributed by atoms with Crippen molar-refractivity contribution in [1.82, 2.24) is 14.5 Å². The summed E-state index contributed by atoms with van der Waals surface area (Å²) in [6, 6.07) is 6.38. The van der Waals surface area contributed by atoms with Crippen molar-refractivity contribution in [2.45, 2.75) is 38.3 Å². The first-order valence-corrected chi connectivity index (χ1v) is 11.0. The first kappa shape index (κ1) is 20.8. The smallest absolute Gasteiger partial charge is 0.345 e. The standard InChI is InChI=1S/C24H27N3O5/c1-26-15(11-27-7-6-16(12-27)32-2)8-14-9-18-13(10-19(14)26)4-3-5-17-21(18)25-23(29)20(22(17)28)24(30)31/h8-10,16H,3-7,11-12H2,1-2H3,(H,30,31)(H2,25,28,29). The van der Waals surface area contributed by atoms with Crippen molar-refractivity contribution in [3.05, 3.63) is 50.9 Å². The molecule has 2 aromatic heterocycles. The van der Waals surface area contributed by atoms with Gasteiger partial charge in [0.15, 0.2) is 5.56 Å². The Hall–Kier alpha value is -3.10. The van der Waals surface area contributed by atoms with Crippen LogP contribution in [-0.2, 0) is 31.2 Å². The lowest BCUT2D eigenvalue weighted by atomic mass is 9.98. The topological polar surface area (TPSA) is 108 Å². The Morgan fingerprint density at radius 1 is 1.28 bits per heavy atom. The van der Waals surface area contributed by atoms with Crippen LogP contribution in [0, 0.1) is 0 Å². The molecule has 2 aliphatic rings. The summed E-state index contributed by atoms with van der Waals surface area (Å²) in [5.74, 6) is -1.84. The molecule has 0 amide bonds. The number of carbonyl (C=O) groups is 1. The van der Waals surface area contributed by atoms with E-state index in [0.29, 0.717) is 17.7 Å². The first-order valence-electron chi connectivity index (χ1n) is 11.0. The van der Waals surface area contributed by atoms with Gasteiger partial charge >= 0.3 is 5.97 Å². The minimum Gasteiger partial charge on any atom is -0.506 e. The summed E-state index contributed by atoms with van der Waals surface area (Å²) >= 11 is 0. The van der Waals surface area contributed by atoms with Gasteiger partial charge in [-0.3, -0.25) is 9.69 Å². The summed E-state index contributed by atoms with van der Waals surface area (Å²) in [7, 11) is 3.84. The van der Waals surface area contributed by atoms with Crippen molar-refractivity contribution < 1.29 is 19.7 Å². The summed E-state index contributed by atoms with van der Waals surface area (Å²) in [5.41, 5.74) is 3.93. The first-order chi connectivity index (χ1) is 15.4. The largest absolute Gasteiger partial charge is 0.506 e. The van der Waals surface area contributed by atoms with Gasteiger partial charge in [0.2, 0.25) is 0 Å². The maximum Gasteiger partial charge on any atom is 0.345 e. The van der Waals surface area contributed by atoms with E-state index >= 15 is 0 Å². The van der Waals surface area contributed by atoms with E-state index in [-0.39, 0.29) is 6.10 Å². The van der Waals surface area contributed by atoms with Crippen LogP contribution in [0.5, 0.6) is 5.75 Å². The Morgan fingerprint density at radius 2 is 2.09 bits per heavy atom. The number of likely N-dealkylation sites (tertiary alicyclic amines) is 1. The number of rotatable bonds is 4. The number of fused-ring (bicyclic) bond motifs is 4. The number of methoxy groups -OCH3 is 1. The SMILES string of the molecule is COC1CCN(Cc2cc3cc4c(cc3n2C)CCCc2c-4[nH]c(=O)c(C(=O)O)c2O)C1. The minimum absolute atomic E-state index is 0.289. The van der Waals surface area contributed by atoms with Crippen LogP contribution in [-0.4, -0.2) is 56.9 Å². The molecular weight excluding hydrogens is 410 g/mol. The Labute approximate surface area is 185 Å². The number of pyridine rings is 1. The van der Waals surface area contributed by atoms with Crippen molar-refractivity contribution in [2.75, 3.05) is 20.2 Å². The predicted molar refractivity (Wildman–Crippen MR) is 120 cm³/mol. The van der Waals surface area contributed by atoms with Crippen LogP contribution in [0.15, 0.2) is 23.0 Å². The number of benzene rings is 1. The number of aromatic hydroxyl groups is 1. The lowest BCUT2D eigenvalue weighted by molar-refractivity contribution is 0.0691. The van der Waals surface area contributed by atoms with Gasteiger partial charge in [0, 0.05) is 61.5 Å². The summed E-state index contributed by atoms with van der Waals surface area (Å²) in [6.07, 6.45) is 3.38. The number of hydrogen-bond donors (Lipinski definition) is 3. The molecule has 1 aromatic carbocycles. The van der Waals surface area contributed by atoms with Crippen molar-refractivity contribution >= 4 is 16.9 Å². The van der Waals surface area contributed by atoms with E-state index in [1.165, 1.54) is 5.69 Å². The van der Waals surface area contributed by atoms with E-state index in [9.17, 15) is 19.8 Å². The molecule has 8 heteroatoms. The number of hydrogen-bond acceptors (Lipinski definition) is 5. The fraction of sp³-hybridized carbons (Fsp3) is 0.417. The number of ether oxygens (including phenoxy) is 1. The van der Waals surface area contributed by atoms with Crippen molar-refractivity contribution in [2.24, 2.45) is 7.05 Å². The van der Waals surface area contributed by atoms with Gasteiger partial charge in [-0.05, 0) is 49.4 Å². The zero-order valence-corrected chi connectivity index (χ0v) is 18.3. The van der Waals surface area contributed by atoms with Crippen LogP contribution in [0.25, 0.3) is 22.2 Å². The minimum atomic E-state index is -1.42. The molecule has 0 radical (unpaired) electrons. The second-order valence-corrected chi connectivity index (χ2v) is 8.83. The van der Waals surface area contributed by atoms with Gasteiger partial charge in [-0.1, -0.05) is 0 Å². The summed E-state index contributed by atoms with van der Waals surface area (Å²) in [5, 5.41) is 21.0. The number of carboxylic acids is 1. The van der Waals surface area contributed by atoms with Gasteiger partial charge in [0.25, 0.3) is 5.56 Å². The van der Waals surface area contributed by atoms with E-state index < -0.39 is 22.8 Å². The van der Waals surface area contributed by atoms with E-state index in [0.717, 1.165) is 60.9 Å². The molecule has 3 aromatic rings. The molecule has 5 rings (SSSR count). The number of aromatic carboxylic acids is 1. The molecule has 1 fully saturated rings. The fourth-order valence-electron chi connectivity index (χ4n) is 5.19. The Kier molecular flexibility index (Phi) is 5.06. The number of nitrogens with one attached hydrogen (secondary N) is 1. The van der Waals surface area contributed by atoms with Gasteiger partial charge in [-0.25, -0.2) is 4.79 Å². The van der Waals surface area contributed by atoms with Crippen LogP contribution >= 0.6 is 0 Å². The highest BCUT2D eigenvalue weighted by molar-refractivity contribution is 5.93. The number of aryl methyl sites for hydroxylation is 2. The monoisotopic (exact) mass is 437 g/mol. The number of H-pyrrole nitrogens is 1. The molecule has 3 N–H and O–H groups in total. The second-order valence-electron chi connectivity index (χ2n) is 8.83. The van der Waals surface area contributed by atoms with Crippen LogP contribution in [0.4, 0.5) is 0 Å². The molecule has 1 unspecified atom stereocenters. The number of aromatic nitrogens is 2. The molecular formula is C24H27N3O5. The third kappa shape index (κ3) is 3.30. The van der Waals surface area contributed by atoms with Crippen LogP contribution in [0.3, 0.4) is 0 Å². The Morgan fingerprint density at radius 3 is 2.81 bits per heavy atom. The average Bonchev–Trinajstić information content (AvgIpc) is 3.27. The van der Waals surface area contributed by atoms with E-state index in [2.05, 4.69) is 39.7 Å². The Bertz CT molecular complexity index is 1290. The maximum absolute atomic E-state index is 12.4. The molecule has 168 valence electrons. The lowest BCUT2D eigenvalue weighted by Gasteiger charge is -2.16. The quantitative estimate of drug-likeness (QED) is 0.579. The number of carboxylic acid groups (broad SMARTS) is 1. The lowest BCUT2D eigenvalue weighted by Crippen LogP contribution is -2.23. The molecule has 1 aliphatic carbocycles. The molecule has 1 atom stereocenters. The van der Waals surface area contributed by atoms with Gasteiger partial charge < -0.3 is 24.5 Å². The van der Waals surface area contributed by atoms with Crippen LogP contribution < -0.4 is 5.56 Å². The number of aromatic amines is 1. The van der Waals surface area contributed by atoms with Gasteiger partial charge in [0.1, 0.15) is 5.75 Å². The second kappa shape index (κ2) is 7.79. The maximum atomic E-state index is 12.4. The average molecular weight is 437 g/mol. The Balaban J connectivity index is 1.60. The van der Waals surface area contributed by atoms with E-state index in [1.54, 1.807) is 7.11 Å². The van der Waals surface area contributed by atoms with Crippen molar-refractivity contribution in [1.29, 1.82) is 0 Å². The molecule has 3 heterocycles. The zero-order chi connectivity index (χ0) is 22.6. The third-order valence-electron chi connectivity index (χ3n) is 6.96. The van der Waals surface area contributed by atoms with Gasteiger partial charge in [0.05, 0.1) is 11.8 Å². The normalized spacial score (nSPS) is 18.5. The molecule has 0 saturated carbocycles. The van der Waals surface area contributed by atoms with Crippen LogP contribution in [0.2, 0.25) is 0 Å².